The molecule has 0 spiro atoms. The molecule has 0 N–H and O–H groups in total. The van der Waals surface area contributed by atoms with Gasteiger partial charge >= 0.3 is 0 Å². The zero-order chi connectivity index (χ0) is 16.4. The second-order valence-electron chi connectivity index (χ2n) is 5.69. The fraction of sp³-hybridized carbons (Fsp3) is 0.412. The summed E-state index contributed by atoms with van der Waals surface area (Å²) >= 11 is 0. The quantitative estimate of drug-likeness (QED) is 0.847. The lowest BCUT2D eigenvalue weighted by atomic mass is 10.1. The van der Waals surface area contributed by atoms with Crippen molar-refractivity contribution in [1.82, 2.24) is 14.5 Å². The highest BCUT2D eigenvalue weighted by Gasteiger charge is 2.35. The van der Waals surface area contributed by atoms with E-state index < -0.39 is 0 Å². The average Bonchev–Trinajstić information content (AvgIpc) is 2.95. The third-order valence-corrected chi connectivity index (χ3v) is 4.16. The molecule has 1 aliphatic rings. The van der Waals surface area contributed by atoms with Crippen LogP contribution in [0.2, 0.25) is 0 Å². The fourth-order valence-electron chi connectivity index (χ4n) is 2.77. The van der Waals surface area contributed by atoms with Crippen molar-refractivity contribution in [2.75, 3.05) is 20.2 Å². The summed E-state index contributed by atoms with van der Waals surface area (Å²) in [7, 11) is 1.62. The van der Waals surface area contributed by atoms with Gasteiger partial charge in [-0.2, -0.15) is 0 Å². The first-order chi connectivity index (χ1) is 11.1. The van der Waals surface area contributed by atoms with E-state index in [1.54, 1.807) is 13.3 Å². The van der Waals surface area contributed by atoms with Gasteiger partial charge in [0.2, 0.25) is 5.91 Å². The Bertz CT molecular complexity index is 692. The molecule has 6 nitrogen and oxygen atoms in total. The van der Waals surface area contributed by atoms with E-state index in [4.69, 9.17) is 9.47 Å². The summed E-state index contributed by atoms with van der Waals surface area (Å²) in [4.78, 5) is 18.5. The molecule has 1 amide bonds. The molecule has 0 saturated carbocycles. The molecule has 23 heavy (non-hydrogen) atoms. The zero-order valence-corrected chi connectivity index (χ0v) is 13.6. The van der Waals surface area contributed by atoms with Gasteiger partial charge < -0.3 is 18.9 Å². The minimum absolute atomic E-state index is 0.00586. The summed E-state index contributed by atoms with van der Waals surface area (Å²) in [6.45, 7) is 4.98. The van der Waals surface area contributed by atoms with Crippen LogP contribution in [0.15, 0.2) is 36.7 Å². The smallest absolute Gasteiger partial charge is 0.245 e. The topological polar surface area (TPSA) is 56.6 Å². The average molecular weight is 315 g/mol. The highest BCUT2D eigenvalue weighted by molar-refractivity contribution is 5.81. The van der Waals surface area contributed by atoms with Gasteiger partial charge in [0, 0.05) is 12.4 Å². The second-order valence-corrected chi connectivity index (χ2v) is 5.69. The van der Waals surface area contributed by atoms with Gasteiger partial charge in [-0.05, 0) is 26.0 Å². The van der Waals surface area contributed by atoms with Crippen molar-refractivity contribution in [2.45, 2.75) is 26.0 Å². The van der Waals surface area contributed by atoms with Crippen LogP contribution in [0.25, 0.3) is 0 Å². The first-order valence-corrected chi connectivity index (χ1v) is 7.68. The molecule has 0 aliphatic carbocycles. The van der Waals surface area contributed by atoms with E-state index in [0.717, 1.165) is 5.82 Å². The van der Waals surface area contributed by atoms with Gasteiger partial charge in [-0.3, -0.25) is 4.79 Å². The summed E-state index contributed by atoms with van der Waals surface area (Å²) < 4.78 is 13.1. The van der Waals surface area contributed by atoms with Crippen molar-refractivity contribution in [1.29, 1.82) is 0 Å². The number of rotatable bonds is 5. The fourth-order valence-corrected chi connectivity index (χ4v) is 2.77. The van der Waals surface area contributed by atoms with Gasteiger partial charge in [0.15, 0.2) is 11.5 Å². The number of aryl methyl sites for hydroxylation is 1. The van der Waals surface area contributed by atoms with Gasteiger partial charge in [0.1, 0.15) is 18.0 Å². The number of hydrogen-bond acceptors (Lipinski definition) is 4. The molecule has 1 atom stereocenters. The predicted molar refractivity (Wildman–Crippen MR) is 85.7 cm³/mol. The summed E-state index contributed by atoms with van der Waals surface area (Å²) in [5.41, 5.74) is 0. The zero-order valence-electron chi connectivity index (χ0n) is 13.6. The molecule has 1 fully saturated rings. The normalized spacial score (nSPS) is 15.9. The lowest BCUT2D eigenvalue weighted by Gasteiger charge is -2.40. The Hall–Kier alpha value is -2.50. The number of para-hydroxylation sites is 2. The van der Waals surface area contributed by atoms with Gasteiger partial charge in [-0.1, -0.05) is 12.1 Å². The molecular weight excluding hydrogens is 294 g/mol. The van der Waals surface area contributed by atoms with Crippen molar-refractivity contribution < 1.29 is 14.3 Å². The van der Waals surface area contributed by atoms with Gasteiger partial charge in [-0.25, -0.2) is 4.98 Å². The Morgan fingerprint density at radius 2 is 2.00 bits per heavy atom. The number of carbonyl (C=O) groups is 1. The van der Waals surface area contributed by atoms with Crippen LogP contribution < -0.4 is 9.47 Å². The molecule has 1 aliphatic heterocycles. The summed E-state index contributed by atoms with van der Waals surface area (Å²) in [5.74, 6) is 2.35. The van der Waals surface area contributed by atoms with E-state index in [2.05, 4.69) is 4.98 Å². The predicted octanol–water partition coefficient (Wildman–Crippen LogP) is 2.05. The maximum Gasteiger partial charge on any atom is 0.245 e. The lowest BCUT2D eigenvalue weighted by Crippen LogP contribution is -2.57. The Morgan fingerprint density at radius 1 is 1.30 bits per heavy atom. The van der Waals surface area contributed by atoms with Crippen molar-refractivity contribution in [2.24, 2.45) is 0 Å². The number of nitrogens with zero attached hydrogens (tertiary/aromatic N) is 3. The van der Waals surface area contributed by atoms with Gasteiger partial charge in [0.25, 0.3) is 0 Å². The van der Waals surface area contributed by atoms with E-state index in [1.807, 2.05) is 53.8 Å². The largest absolute Gasteiger partial charge is 0.493 e. The van der Waals surface area contributed by atoms with Crippen LogP contribution in [0, 0.1) is 6.92 Å². The Labute approximate surface area is 135 Å². The third kappa shape index (κ3) is 3.02. The first kappa shape index (κ1) is 15.4. The molecule has 2 heterocycles. The van der Waals surface area contributed by atoms with E-state index >= 15 is 0 Å². The van der Waals surface area contributed by atoms with Crippen LogP contribution in [-0.4, -0.2) is 46.7 Å². The highest BCUT2D eigenvalue weighted by Crippen LogP contribution is 2.29. The Kier molecular flexibility index (Phi) is 4.23. The van der Waals surface area contributed by atoms with Gasteiger partial charge in [-0.15, -0.1) is 0 Å². The maximum atomic E-state index is 12.5. The van der Waals surface area contributed by atoms with Crippen molar-refractivity contribution >= 4 is 5.91 Å². The molecule has 122 valence electrons. The standard InChI is InChI=1S/C17H21N3O3/c1-12(20-9-8-18-13(20)2)17(21)19-10-14(11-19)23-16-7-5-4-6-15(16)22-3/h4-9,12,14H,10-11H2,1-3H3. The highest BCUT2D eigenvalue weighted by atomic mass is 16.5. The van der Waals surface area contributed by atoms with Crippen LogP contribution in [0.5, 0.6) is 11.5 Å². The SMILES string of the molecule is COc1ccccc1OC1CN(C(=O)C(C)n2ccnc2C)C1. The minimum atomic E-state index is -0.246. The molecule has 3 rings (SSSR count). The van der Waals surface area contributed by atoms with Crippen LogP contribution in [0.1, 0.15) is 18.8 Å². The van der Waals surface area contributed by atoms with E-state index in [1.165, 1.54) is 0 Å². The number of hydrogen-bond donors (Lipinski definition) is 0. The lowest BCUT2D eigenvalue weighted by molar-refractivity contribution is -0.143. The minimum Gasteiger partial charge on any atom is -0.493 e. The molecule has 1 unspecified atom stereocenters. The monoisotopic (exact) mass is 315 g/mol. The second kappa shape index (κ2) is 6.32. The van der Waals surface area contributed by atoms with E-state index in [-0.39, 0.29) is 18.1 Å². The van der Waals surface area contributed by atoms with Crippen LogP contribution in [0.4, 0.5) is 0 Å². The molecular formula is C17H21N3O3. The number of amides is 1. The van der Waals surface area contributed by atoms with Crippen molar-refractivity contribution in [3.8, 4) is 11.5 Å². The summed E-state index contributed by atoms with van der Waals surface area (Å²) in [6.07, 6.45) is 3.55. The third-order valence-electron chi connectivity index (χ3n) is 4.16. The van der Waals surface area contributed by atoms with E-state index in [9.17, 15) is 4.79 Å². The molecule has 2 aromatic rings. The maximum absolute atomic E-state index is 12.5. The van der Waals surface area contributed by atoms with Crippen LogP contribution >= 0.6 is 0 Å². The molecule has 6 heteroatoms. The summed E-state index contributed by atoms with van der Waals surface area (Å²) in [5, 5.41) is 0. The van der Waals surface area contributed by atoms with Crippen molar-refractivity contribution in [3.05, 3.63) is 42.5 Å². The molecule has 0 bridgehead atoms. The molecule has 1 saturated heterocycles. The number of ether oxygens (including phenoxy) is 2. The molecule has 1 aromatic heterocycles. The number of methoxy groups -OCH3 is 1. The van der Waals surface area contributed by atoms with Gasteiger partial charge in [0.05, 0.1) is 20.2 Å². The number of likely N-dealkylation sites (tertiary alicyclic amines) is 1. The first-order valence-electron chi connectivity index (χ1n) is 7.68. The number of imidazole rings is 1. The number of benzene rings is 1. The Balaban J connectivity index is 1.56. The number of aromatic nitrogens is 2. The molecule has 0 radical (unpaired) electrons. The Morgan fingerprint density at radius 3 is 2.61 bits per heavy atom. The number of carbonyl (C=O) groups excluding carboxylic acids is 1. The van der Waals surface area contributed by atoms with Crippen LogP contribution in [-0.2, 0) is 4.79 Å². The summed E-state index contributed by atoms with van der Waals surface area (Å²) in [6, 6.07) is 7.30. The van der Waals surface area contributed by atoms with Crippen LogP contribution in [0.3, 0.4) is 0 Å². The molecule has 1 aromatic carbocycles. The van der Waals surface area contributed by atoms with Crippen molar-refractivity contribution in [3.63, 3.8) is 0 Å². The van der Waals surface area contributed by atoms with E-state index in [0.29, 0.717) is 24.6 Å².